The topological polar surface area (TPSA) is 84.0 Å². The molecule has 2 aromatic carbocycles. The third-order valence-electron chi connectivity index (χ3n) is 3.63. The van der Waals surface area contributed by atoms with Crippen molar-refractivity contribution < 1.29 is 22.8 Å². The Bertz CT molecular complexity index is 1110. The molecule has 3 rings (SSSR count). The number of thioether (sulfide) groups is 1. The number of hydrogen-bond donors (Lipinski definition) is 2. The molecule has 0 aliphatic rings. The predicted octanol–water partition coefficient (Wildman–Crippen LogP) is 5.85. The molecule has 6 nitrogen and oxygen atoms in total. The molecule has 0 aliphatic heterocycles. The number of carbonyl (C=O) groups excluding carboxylic acids is 2. The average Bonchev–Trinajstić information content (AvgIpc) is 3.13. The molecule has 2 N–H and O–H groups in total. The summed E-state index contributed by atoms with van der Waals surface area (Å²) in [7, 11) is 0. The Morgan fingerprint density at radius 1 is 1.03 bits per heavy atom. The second kappa shape index (κ2) is 9.86. The lowest BCUT2D eigenvalue weighted by atomic mass is 10.2. The molecule has 0 aliphatic carbocycles. The van der Waals surface area contributed by atoms with E-state index in [1.165, 1.54) is 30.3 Å². The van der Waals surface area contributed by atoms with Crippen molar-refractivity contribution in [3.63, 3.8) is 0 Å². The summed E-state index contributed by atoms with van der Waals surface area (Å²) in [6.07, 6.45) is -4.44. The van der Waals surface area contributed by atoms with Gasteiger partial charge in [-0.2, -0.15) is 13.2 Å². The van der Waals surface area contributed by atoms with Gasteiger partial charge in [0.15, 0.2) is 4.34 Å². The minimum atomic E-state index is -4.44. The van der Waals surface area contributed by atoms with Crippen molar-refractivity contribution in [2.45, 2.75) is 10.5 Å². The quantitative estimate of drug-likeness (QED) is 0.323. The Morgan fingerprint density at radius 2 is 1.74 bits per heavy atom. The fourth-order valence-electron chi connectivity index (χ4n) is 2.22. The zero-order valence-corrected chi connectivity index (χ0v) is 18.3. The summed E-state index contributed by atoms with van der Waals surface area (Å²) in [4.78, 5) is 24.3. The highest BCUT2D eigenvalue weighted by Crippen LogP contribution is 2.30. The van der Waals surface area contributed by atoms with Gasteiger partial charge >= 0.3 is 6.18 Å². The van der Waals surface area contributed by atoms with Gasteiger partial charge in [-0.1, -0.05) is 46.3 Å². The summed E-state index contributed by atoms with van der Waals surface area (Å²) in [6, 6.07) is 8.55. The van der Waals surface area contributed by atoms with E-state index in [1.54, 1.807) is 0 Å². The van der Waals surface area contributed by atoms with Crippen LogP contribution in [0.15, 0.2) is 46.8 Å². The first-order valence-electron chi connectivity index (χ1n) is 8.31. The van der Waals surface area contributed by atoms with E-state index in [1.807, 2.05) is 0 Å². The lowest BCUT2D eigenvalue weighted by Crippen LogP contribution is -2.14. The lowest BCUT2D eigenvalue weighted by molar-refractivity contribution is -0.137. The van der Waals surface area contributed by atoms with Gasteiger partial charge in [-0.25, -0.2) is 0 Å². The number of amides is 2. The van der Waals surface area contributed by atoms with Crippen molar-refractivity contribution in [2.24, 2.45) is 0 Å². The van der Waals surface area contributed by atoms with Crippen LogP contribution in [0.5, 0.6) is 0 Å². The Balaban J connectivity index is 1.51. The number of benzene rings is 2. The second-order valence-corrected chi connectivity index (χ2v) is 8.91. The van der Waals surface area contributed by atoms with E-state index < -0.39 is 23.6 Å². The number of anilines is 2. The summed E-state index contributed by atoms with van der Waals surface area (Å²) >= 11 is 13.9. The molecule has 0 unspecified atom stereocenters. The molecule has 0 saturated carbocycles. The van der Waals surface area contributed by atoms with Crippen molar-refractivity contribution in [1.29, 1.82) is 0 Å². The molecule has 0 radical (unpaired) electrons. The lowest BCUT2D eigenvalue weighted by Gasteiger charge is -2.08. The number of halogens is 5. The number of rotatable bonds is 6. The van der Waals surface area contributed by atoms with Gasteiger partial charge in [0, 0.05) is 10.7 Å². The molecular formula is C18H11Cl2F3N4O2S2. The van der Waals surface area contributed by atoms with Crippen molar-refractivity contribution >= 4 is 68.9 Å². The Morgan fingerprint density at radius 3 is 2.39 bits per heavy atom. The van der Waals surface area contributed by atoms with Gasteiger partial charge in [-0.05, 0) is 42.5 Å². The van der Waals surface area contributed by atoms with E-state index >= 15 is 0 Å². The summed E-state index contributed by atoms with van der Waals surface area (Å²) in [5.41, 5.74) is -0.349. The smallest absolute Gasteiger partial charge is 0.325 e. The van der Waals surface area contributed by atoms with E-state index in [4.69, 9.17) is 23.2 Å². The third-order valence-corrected chi connectivity index (χ3v) is 6.15. The van der Waals surface area contributed by atoms with Crippen molar-refractivity contribution in [3.05, 3.63) is 63.6 Å². The zero-order chi connectivity index (χ0) is 22.6. The number of hydrogen-bond acceptors (Lipinski definition) is 6. The number of carbonyl (C=O) groups is 2. The average molecular weight is 507 g/mol. The van der Waals surface area contributed by atoms with Crippen molar-refractivity contribution in [3.8, 4) is 0 Å². The molecular weight excluding hydrogens is 496 g/mol. The fourth-order valence-corrected chi connectivity index (χ4v) is 4.26. The zero-order valence-electron chi connectivity index (χ0n) is 15.2. The van der Waals surface area contributed by atoms with Gasteiger partial charge in [0.1, 0.15) is 0 Å². The van der Waals surface area contributed by atoms with Crippen molar-refractivity contribution in [1.82, 2.24) is 10.2 Å². The first-order valence-corrected chi connectivity index (χ1v) is 10.9. The molecule has 1 aromatic heterocycles. The first-order chi connectivity index (χ1) is 14.6. The van der Waals surface area contributed by atoms with Crippen LogP contribution < -0.4 is 10.6 Å². The number of aromatic nitrogens is 2. The van der Waals surface area contributed by atoms with Gasteiger partial charge in [0.2, 0.25) is 11.0 Å². The minimum Gasteiger partial charge on any atom is -0.325 e. The van der Waals surface area contributed by atoms with E-state index in [2.05, 4.69) is 20.8 Å². The van der Waals surface area contributed by atoms with Crippen LogP contribution in [0.25, 0.3) is 0 Å². The molecule has 162 valence electrons. The molecule has 0 fully saturated rings. The Labute approximate surface area is 192 Å². The summed E-state index contributed by atoms with van der Waals surface area (Å²) in [6.45, 7) is 0. The molecule has 31 heavy (non-hydrogen) atoms. The minimum absolute atomic E-state index is 0.0490. The van der Waals surface area contributed by atoms with Crippen LogP contribution in [0.4, 0.5) is 24.0 Å². The SMILES string of the molecule is O=C(CSc1nnc(NC(=O)c2ccc(Cl)cc2Cl)s1)Nc1ccc(C(F)(F)F)cc1. The molecule has 3 aromatic rings. The molecule has 0 bridgehead atoms. The van der Waals surface area contributed by atoms with E-state index in [9.17, 15) is 22.8 Å². The second-order valence-electron chi connectivity index (χ2n) is 5.86. The monoisotopic (exact) mass is 506 g/mol. The summed E-state index contributed by atoms with van der Waals surface area (Å²) in [5, 5.41) is 13.5. The van der Waals surface area contributed by atoms with Gasteiger partial charge < -0.3 is 5.32 Å². The van der Waals surface area contributed by atoms with E-state index in [0.29, 0.717) is 9.36 Å². The first kappa shape index (κ1) is 23.3. The normalized spacial score (nSPS) is 11.3. The van der Waals surface area contributed by atoms with Gasteiger partial charge in [0.05, 0.1) is 21.9 Å². The van der Waals surface area contributed by atoms with Crippen LogP contribution in [0.1, 0.15) is 15.9 Å². The number of nitrogens with zero attached hydrogens (tertiary/aromatic N) is 2. The van der Waals surface area contributed by atoms with E-state index in [-0.39, 0.29) is 27.2 Å². The predicted molar refractivity (Wildman–Crippen MR) is 115 cm³/mol. The molecule has 0 saturated heterocycles. The Kier molecular flexibility index (Phi) is 7.42. The molecule has 0 atom stereocenters. The van der Waals surface area contributed by atoms with Crippen LogP contribution in [0.2, 0.25) is 10.0 Å². The van der Waals surface area contributed by atoms with Crippen LogP contribution in [0.3, 0.4) is 0 Å². The molecule has 2 amide bonds. The highest BCUT2D eigenvalue weighted by Gasteiger charge is 2.30. The Hall–Kier alpha value is -2.34. The summed E-state index contributed by atoms with van der Waals surface area (Å²) < 4.78 is 38.1. The highest BCUT2D eigenvalue weighted by atomic mass is 35.5. The van der Waals surface area contributed by atoms with E-state index in [0.717, 1.165) is 35.2 Å². The number of alkyl halides is 3. The van der Waals surface area contributed by atoms with Gasteiger partial charge in [-0.15, -0.1) is 10.2 Å². The van der Waals surface area contributed by atoms with Crippen LogP contribution >= 0.6 is 46.3 Å². The molecule has 1 heterocycles. The maximum Gasteiger partial charge on any atom is 0.416 e. The maximum absolute atomic E-state index is 12.6. The van der Waals surface area contributed by atoms with Crippen molar-refractivity contribution in [2.75, 3.05) is 16.4 Å². The molecule has 13 heteroatoms. The highest BCUT2D eigenvalue weighted by molar-refractivity contribution is 8.01. The van der Waals surface area contributed by atoms with Crippen LogP contribution in [-0.4, -0.2) is 27.8 Å². The fraction of sp³-hybridized carbons (Fsp3) is 0.111. The summed E-state index contributed by atoms with van der Waals surface area (Å²) in [5.74, 6) is -0.972. The van der Waals surface area contributed by atoms with Crippen LogP contribution in [0, 0.1) is 0 Å². The maximum atomic E-state index is 12.6. The molecule has 0 spiro atoms. The van der Waals surface area contributed by atoms with Gasteiger partial charge in [-0.3, -0.25) is 14.9 Å². The standard InChI is InChI=1S/C18H11Cl2F3N4O2S2/c19-10-3-6-12(13(20)7-10)15(29)25-16-26-27-17(31-16)30-8-14(28)24-11-4-1-9(2-5-11)18(21,22)23/h1-7H,8H2,(H,24,28)(H,25,26,29). The van der Waals surface area contributed by atoms with Gasteiger partial charge in [0.25, 0.3) is 5.91 Å². The third kappa shape index (κ3) is 6.57. The largest absolute Gasteiger partial charge is 0.416 e. The van der Waals surface area contributed by atoms with Crippen LogP contribution in [-0.2, 0) is 11.0 Å². The number of nitrogens with one attached hydrogen (secondary N) is 2.